The second-order valence-corrected chi connectivity index (χ2v) is 27.2. The molecule has 0 amide bonds. The number of halogens is 10. The van der Waals surface area contributed by atoms with Crippen molar-refractivity contribution in [3.05, 3.63) is 250 Å². The molecule has 534 valence electrons. The number of rotatable bonds is 11. The molecule has 25 heteroatoms. The number of nitrogens with zero attached hydrogens (tertiary/aromatic N) is 5. The molecule has 3 aliphatic rings. The molecule has 8 heterocycles. The fourth-order valence-corrected chi connectivity index (χ4v) is 15.4. The monoisotopic (exact) mass is 1560 g/mol. The number of hydrogen-bond donors (Lipinski definition) is 5. The number of aromatic amines is 3. The van der Waals surface area contributed by atoms with E-state index in [-0.39, 0.29) is 75.7 Å². The molecule has 16 rings (SSSR count). The summed E-state index contributed by atoms with van der Waals surface area (Å²) in [6.45, 7) is 0.282. The molecular weight excluding hydrogens is 1490 g/mol. The van der Waals surface area contributed by atoms with Gasteiger partial charge in [-0.1, -0.05) is 159 Å². The number of benzene rings is 5. The number of nitrogens with one attached hydrogen (secondary N) is 3. The zero-order chi connectivity index (χ0) is 71.3. The Morgan fingerprint density at radius 2 is 0.923 bits per heavy atom. The summed E-state index contributed by atoms with van der Waals surface area (Å²) >= 11 is 7.90. The minimum absolute atomic E-state index is 0. The summed E-state index contributed by atoms with van der Waals surface area (Å²) in [7, 11) is -1.34. The van der Waals surface area contributed by atoms with E-state index in [2.05, 4.69) is 118 Å². The van der Waals surface area contributed by atoms with Crippen LogP contribution in [0.1, 0.15) is 153 Å². The SMILES string of the molecule is Fc1ccc(-c2cc(CCl)on2)c(C(F)(F)F)c1.Fc1ccc(-c2cc(C[n+]3ccc4c(C5CCCCC5)c(-c5ccccc5)[nH]c4c3)on2)c(C(F)(F)F)c1.Ic1[nH]c2cnccc2c1C1CCCCC1.OB(O)c1ccccc1.[Na+].[OH-].c1ccc(-c2[nH]c3cnccc3c2C2CCCCC2)cc1. The van der Waals surface area contributed by atoms with Crippen LogP contribution in [0.4, 0.5) is 35.1 Å². The molecule has 0 unspecified atom stereocenters. The maximum absolute atomic E-state index is 13.5. The van der Waals surface area contributed by atoms with Crippen LogP contribution in [-0.4, -0.2) is 57.9 Å². The molecule has 8 aromatic heterocycles. The van der Waals surface area contributed by atoms with Gasteiger partial charge < -0.3 is 39.5 Å². The summed E-state index contributed by atoms with van der Waals surface area (Å²) in [5, 5.41) is 28.4. The first-order chi connectivity index (χ1) is 49.4. The van der Waals surface area contributed by atoms with Gasteiger partial charge in [0.25, 0.3) is 0 Å². The largest absolute Gasteiger partial charge is 1.00 e. The minimum Gasteiger partial charge on any atom is -0.870 e. The molecule has 13 aromatic rings. The van der Waals surface area contributed by atoms with Crippen molar-refractivity contribution in [2.45, 2.75) is 139 Å². The zero-order valence-corrected chi connectivity index (χ0v) is 61.9. The summed E-state index contributed by atoms with van der Waals surface area (Å²) in [5.74, 6) is 0.651. The van der Waals surface area contributed by atoms with Crippen molar-refractivity contribution in [3.63, 3.8) is 0 Å². The van der Waals surface area contributed by atoms with Crippen molar-refractivity contribution >= 4 is 79.5 Å². The van der Waals surface area contributed by atoms with Crippen molar-refractivity contribution in [2.24, 2.45) is 0 Å². The van der Waals surface area contributed by atoms with Gasteiger partial charge in [-0.3, -0.25) is 9.97 Å². The van der Waals surface area contributed by atoms with Crippen LogP contribution in [0.3, 0.4) is 0 Å². The maximum atomic E-state index is 13.5. The van der Waals surface area contributed by atoms with E-state index in [1.54, 1.807) is 24.3 Å². The molecule has 13 nitrogen and oxygen atoms in total. The van der Waals surface area contributed by atoms with E-state index in [1.165, 1.54) is 162 Å². The normalized spacial score (nSPS) is 14.3. The molecular formula is C79H75BClF8IN8NaO5+. The Morgan fingerprint density at radius 3 is 1.37 bits per heavy atom. The van der Waals surface area contributed by atoms with Crippen LogP contribution in [0, 0.1) is 15.3 Å². The topological polar surface area (TPSA) is 200 Å². The molecule has 0 saturated heterocycles. The molecule has 0 radical (unpaired) electrons. The van der Waals surface area contributed by atoms with Crippen LogP contribution in [-0.2, 0) is 24.8 Å². The quantitative estimate of drug-likeness (QED) is 0.0275. The number of pyridine rings is 3. The van der Waals surface area contributed by atoms with Crippen molar-refractivity contribution in [1.29, 1.82) is 0 Å². The zero-order valence-electron chi connectivity index (χ0n) is 57.0. The standard InChI is InChI=1S/C30H25F4N3O.C19H20N2.C13H15IN2.C11H6ClF4NO.C6H7BO2.Na.H2O/c31-21-11-12-23(25(15-21)30(32,33)34)26-16-22(38-36-26)17-37-14-13-24-27(18-37)35-29(20-9-5-2-6-10-20)28(24)19-7-3-1-4-8-19;1-3-7-14(8-4-1)18-16-11-12-20-13-17(16)21-19(18)15-9-5-2-6-10-15;14-13-12(9-4-2-1-3-5-9)10-6-7-15-8-11(10)16-13;12-5-7-4-10(17-18-7)8-2-1-6(13)3-9(8)11(14,15)16;8-7(9)6-4-2-1-3-5-6;;/h2,5-6,9-16,18-19H,1,3-4,7-8,17H2;2,5-6,9-14,21H,1,3-4,7-8H2;6-9,16H,1-5H2;1-4H,5H2;1-5,8-9H;;1H2/q;;;;;+1;. The van der Waals surface area contributed by atoms with Crippen LogP contribution in [0.5, 0.6) is 0 Å². The minimum atomic E-state index is -4.71. The summed E-state index contributed by atoms with van der Waals surface area (Å²) in [4.78, 5) is 19.2. The van der Waals surface area contributed by atoms with E-state index < -0.39 is 42.2 Å². The predicted octanol–water partition coefficient (Wildman–Crippen LogP) is 18.0. The smallest absolute Gasteiger partial charge is 0.870 e. The molecule has 0 bridgehead atoms. The third-order valence-electron chi connectivity index (χ3n) is 19.0. The number of hydrogen-bond acceptors (Lipinski definition) is 9. The summed E-state index contributed by atoms with van der Waals surface area (Å²) in [6, 6.07) is 43.8. The molecule has 0 aliphatic heterocycles. The fourth-order valence-electron chi connectivity index (χ4n) is 14.3. The average molecular weight is 1560 g/mol. The number of H-pyrrole nitrogens is 3. The van der Waals surface area contributed by atoms with Gasteiger partial charge in [-0.25, -0.2) is 8.78 Å². The Hall–Kier alpha value is -8.01. The Balaban J connectivity index is 0.000000150. The summed E-state index contributed by atoms with van der Waals surface area (Å²) in [6.07, 6.45) is 22.0. The second kappa shape index (κ2) is 36.3. The van der Waals surface area contributed by atoms with Gasteiger partial charge in [-0.15, -0.1) is 11.6 Å². The molecule has 0 spiro atoms. The third-order valence-corrected chi connectivity index (χ3v) is 20.2. The second-order valence-electron chi connectivity index (χ2n) is 25.9. The molecule has 3 aliphatic carbocycles. The van der Waals surface area contributed by atoms with Crippen molar-refractivity contribution < 1.29 is 93.8 Å². The van der Waals surface area contributed by atoms with Crippen LogP contribution >= 0.6 is 34.2 Å². The van der Waals surface area contributed by atoms with E-state index in [0.29, 0.717) is 35.2 Å². The molecule has 0 atom stereocenters. The molecule has 3 fully saturated rings. The average Bonchev–Trinajstić information content (AvgIpc) is 1.64. The van der Waals surface area contributed by atoms with E-state index in [1.807, 2.05) is 66.0 Å². The molecule has 6 N–H and O–H groups in total. The van der Waals surface area contributed by atoms with Crippen LogP contribution in [0.2, 0.25) is 0 Å². The number of alkyl halides is 7. The predicted molar refractivity (Wildman–Crippen MR) is 392 cm³/mol. The molecule has 104 heavy (non-hydrogen) atoms. The van der Waals surface area contributed by atoms with Crippen molar-refractivity contribution in [1.82, 2.24) is 35.2 Å². The van der Waals surface area contributed by atoms with Gasteiger partial charge in [0, 0.05) is 57.9 Å². The Morgan fingerprint density at radius 1 is 0.510 bits per heavy atom. The van der Waals surface area contributed by atoms with E-state index in [9.17, 15) is 35.1 Å². The van der Waals surface area contributed by atoms with Crippen LogP contribution < -0.4 is 39.6 Å². The van der Waals surface area contributed by atoms with Gasteiger partial charge in [-0.05, 0) is 161 Å². The Bertz CT molecular complexity index is 4890. The van der Waals surface area contributed by atoms with Crippen molar-refractivity contribution in [2.75, 3.05) is 0 Å². The van der Waals surface area contributed by atoms with E-state index in [0.717, 1.165) is 52.5 Å². The van der Waals surface area contributed by atoms with Crippen LogP contribution in [0.15, 0.2) is 204 Å². The van der Waals surface area contributed by atoms with Gasteiger partial charge >= 0.3 is 49.0 Å². The first-order valence-corrected chi connectivity index (χ1v) is 35.8. The number of aromatic nitrogens is 8. The summed E-state index contributed by atoms with van der Waals surface area (Å²) in [5.41, 5.74) is 10.5. The maximum Gasteiger partial charge on any atom is 1.00 e. The van der Waals surface area contributed by atoms with Gasteiger partial charge in [0.1, 0.15) is 28.5 Å². The Kier molecular flexibility index (Phi) is 27.4. The first kappa shape index (κ1) is 78.6. The van der Waals surface area contributed by atoms with Gasteiger partial charge in [0.2, 0.25) is 12.3 Å². The molecule has 3 saturated carbocycles. The van der Waals surface area contributed by atoms with Gasteiger partial charge in [-0.2, -0.15) is 30.9 Å². The summed E-state index contributed by atoms with van der Waals surface area (Å²) < 4.78 is 118. The van der Waals surface area contributed by atoms with E-state index in [4.69, 9.17) is 30.7 Å². The van der Waals surface area contributed by atoms with Crippen molar-refractivity contribution in [3.8, 4) is 45.0 Å². The number of fused-ring (bicyclic) bond motifs is 3. The van der Waals surface area contributed by atoms with Gasteiger partial charge in [0.15, 0.2) is 18.2 Å². The Labute approximate surface area is 637 Å². The first-order valence-electron chi connectivity index (χ1n) is 34.2. The fraction of sp³-hybridized carbons (Fsp3) is 0.278. The third kappa shape index (κ3) is 19.3. The van der Waals surface area contributed by atoms with Crippen LogP contribution in [0.25, 0.3) is 77.7 Å². The van der Waals surface area contributed by atoms with E-state index >= 15 is 0 Å². The molecule has 5 aromatic carbocycles. The van der Waals surface area contributed by atoms with Gasteiger partial charge in [0.05, 0.1) is 55.5 Å².